The molecule has 0 spiro atoms. The van der Waals surface area contributed by atoms with Crippen LogP contribution in [-0.2, 0) is 0 Å². The van der Waals surface area contributed by atoms with Crippen LogP contribution in [0.2, 0.25) is 0 Å². The van der Waals surface area contributed by atoms with E-state index in [1.165, 1.54) is 12.8 Å². The molecule has 0 aromatic carbocycles. The van der Waals surface area contributed by atoms with E-state index in [9.17, 15) is 0 Å². The average Bonchev–Trinajstić information content (AvgIpc) is 2.65. The molecule has 1 aliphatic heterocycles. The molecule has 1 aromatic heterocycles. The van der Waals surface area contributed by atoms with Gasteiger partial charge < -0.3 is 4.90 Å². The van der Waals surface area contributed by atoms with Gasteiger partial charge in [0.25, 0.3) is 0 Å². The lowest BCUT2D eigenvalue weighted by atomic mass is 10.2. The Hall–Kier alpha value is -0.760. The summed E-state index contributed by atoms with van der Waals surface area (Å²) in [5.41, 5.74) is 1.07. The van der Waals surface area contributed by atoms with Gasteiger partial charge in [0.2, 0.25) is 0 Å². The van der Waals surface area contributed by atoms with Crippen molar-refractivity contribution in [3.63, 3.8) is 0 Å². The number of aryl methyl sites for hydroxylation is 1. The van der Waals surface area contributed by atoms with E-state index < -0.39 is 0 Å². The SMILES string of the molecule is Cc1cccc(N2CCCC2CCl)n1. The van der Waals surface area contributed by atoms with Gasteiger partial charge in [-0.3, -0.25) is 0 Å². The molecule has 1 aliphatic rings. The molecule has 0 saturated carbocycles. The molecule has 1 fully saturated rings. The third-order valence-electron chi connectivity index (χ3n) is 2.72. The van der Waals surface area contributed by atoms with Gasteiger partial charge in [-0.25, -0.2) is 4.98 Å². The standard InChI is InChI=1S/C11H15ClN2/c1-9-4-2-6-11(13-9)14-7-3-5-10(14)8-12/h2,4,6,10H,3,5,7-8H2,1H3. The minimum absolute atomic E-state index is 0.478. The maximum atomic E-state index is 5.92. The second-order valence-corrected chi connectivity index (χ2v) is 4.09. The summed E-state index contributed by atoms with van der Waals surface area (Å²) in [5.74, 6) is 1.78. The highest BCUT2D eigenvalue weighted by Crippen LogP contribution is 2.24. The predicted molar refractivity (Wildman–Crippen MR) is 60.1 cm³/mol. The molecule has 3 heteroatoms. The Morgan fingerprint density at radius 2 is 2.43 bits per heavy atom. The first-order valence-corrected chi connectivity index (χ1v) is 5.61. The minimum atomic E-state index is 0.478. The van der Waals surface area contributed by atoms with Crippen LogP contribution in [0.3, 0.4) is 0 Å². The summed E-state index contributed by atoms with van der Waals surface area (Å²) in [4.78, 5) is 6.84. The topological polar surface area (TPSA) is 16.1 Å². The van der Waals surface area contributed by atoms with Crippen molar-refractivity contribution in [1.29, 1.82) is 0 Å². The van der Waals surface area contributed by atoms with Crippen molar-refractivity contribution in [2.24, 2.45) is 0 Å². The summed E-state index contributed by atoms with van der Waals surface area (Å²) in [7, 11) is 0. The van der Waals surface area contributed by atoms with Crippen LogP contribution < -0.4 is 4.90 Å². The number of pyridine rings is 1. The van der Waals surface area contributed by atoms with Gasteiger partial charge in [-0.1, -0.05) is 6.07 Å². The molecule has 76 valence electrons. The summed E-state index contributed by atoms with van der Waals surface area (Å²) < 4.78 is 0. The summed E-state index contributed by atoms with van der Waals surface area (Å²) in [6, 6.07) is 6.62. The highest BCUT2D eigenvalue weighted by atomic mass is 35.5. The minimum Gasteiger partial charge on any atom is -0.352 e. The van der Waals surface area contributed by atoms with Crippen molar-refractivity contribution >= 4 is 17.4 Å². The average molecular weight is 211 g/mol. The maximum Gasteiger partial charge on any atom is 0.129 e. The number of aromatic nitrogens is 1. The Labute approximate surface area is 89.9 Å². The van der Waals surface area contributed by atoms with E-state index in [1.807, 2.05) is 13.0 Å². The van der Waals surface area contributed by atoms with Crippen LogP contribution >= 0.6 is 11.6 Å². The molecule has 1 unspecified atom stereocenters. The molecule has 2 heterocycles. The molecule has 0 amide bonds. The van der Waals surface area contributed by atoms with E-state index in [0.29, 0.717) is 11.9 Å². The Bertz CT molecular complexity index is 314. The quantitative estimate of drug-likeness (QED) is 0.698. The molecule has 1 aromatic rings. The fourth-order valence-electron chi connectivity index (χ4n) is 1.99. The van der Waals surface area contributed by atoms with Crippen LogP contribution in [0.1, 0.15) is 18.5 Å². The van der Waals surface area contributed by atoms with Gasteiger partial charge in [0.1, 0.15) is 5.82 Å². The Kier molecular flexibility index (Phi) is 2.92. The second-order valence-electron chi connectivity index (χ2n) is 3.78. The summed E-state index contributed by atoms with van der Waals surface area (Å²) in [5, 5.41) is 0. The highest BCUT2D eigenvalue weighted by molar-refractivity contribution is 6.18. The molecule has 1 atom stereocenters. The van der Waals surface area contributed by atoms with Crippen LogP contribution in [0.5, 0.6) is 0 Å². The van der Waals surface area contributed by atoms with Crippen molar-refractivity contribution in [2.45, 2.75) is 25.8 Å². The van der Waals surface area contributed by atoms with E-state index >= 15 is 0 Å². The van der Waals surface area contributed by atoms with Gasteiger partial charge in [-0.15, -0.1) is 11.6 Å². The van der Waals surface area contributed by atoms with Gasteiger partial charge in [-0.05, 0) is 31.9 Å². The zero-order chi connectivity index (χ0) is 9.97. The van der Waals surface area contributed by atoms with Gasteiger partial charge in [0.15, 0.2) is 0 Å². The number of halogens is 1. The van der Waals surface area contributed by atoms with Crippen molar-refractivity contribution in [3.8, 4) is 0 Å². The Balaban J connectivity index is 2.21. The van der Waals surface area contributed by atoms with Crippen LogP contribution in [0.25, 0.3) is 0 Å². The molecule has 0 bridgehead atoms. The maximum absolute atomic E-state index is 5.92. The molecule has 0 aliphatic carbocycles. The van der Waals surface area contributed by atoms with Crippen molar-refractivity contribution < 1.29 is 0 Å². The van der Waals surface area contributed by atoms with Gasteiger partial charge in [-0.2, -0.15) is 0 Å². The largest absolute Gasteiger partial charge is 0.352 e. The summed E-state index contributed by atoms with van der Waals surface area (Å²) in [6.45, 7) is 3.11. The third kappa shape index (κ3) is 1.85. The lowest BCUT2D eigenvalue weighted by molar-refractivity contribution is 0.732. The molecule has 14 heavy (non-hydrogen) atoms. The first-order chi connectivity index (χ1) is 6.81. The fraction of sp³-hybridized carbons (Fsp3) is 0.545. The number of nitrogens with zero attached hydrogens (tertiary/aromatic N) is 2. The number of rotatable bonds is 2. The first kappa shape index (κ1) is 9.78. The van der Waals surface area contributed by atoms with E-state index in [0.717, 1.165) is 18.1 Å². The normalized spacial score (nSPS) is 21.6. The third-order valence-corrected chi connectivity index (χ3v) is 3.08. The fourth-order valence-corrected chi connectivity index (χ4v) is 2.31. The monoisotopic (exact) mass is 210 g/mol. The van der Waals surface area contributed by atoms with Crippen LogP contribution in [-0.4, -0.2) is 23.5 Å². The molecule has 2 rings (SSSR count). The molecular weight excluding hydrogens is 196 g/mol. The molecule has 1 saturated heterocycles. The smallest absolute Gasteiger partial charge is 0.129 e. The summed E-state index contributed by atoms with van der Waals surface area (Å²) >= 11 is 5.92. The number of hydrogen-bond donors (Lipinski definition) is 0. The first-order valence-electron chi connectivity index (χ1n) is 5.07. The van der Waals surface area contributed by atoms with E-state index in [4.69, 9.17) is 11.6 Å². The molecule has 0 N–H and O–H groups in total. The van der Waals surface area contributed by atoms with Crippen LogP contribution in [0.15, 0.2) is 18.2 Å². The molecule has 0 radical (unpaired) electrons. The zero-order valence-corrected chi connectivity index (χ0v) is 9.17. The number of hydrogen-bond acceptors (Lipinski definition) is 2. The van der Waals surface area contributed by atoms with Gasteiger partial charge in [0, 0.05) is 24.2 Å². The lowest BCUT2D eigenvalue weighted by Gasteiger charge is -2.24. The lowest BCUT2D eigenvalue weighted by Crippen LogP contribution is -2.31. The molecule has 2 nitrogen and oxygen atoms in total. The van der Waals surface area contributed by atoms with Gasteiger partial charge in [0.05, 0.1) is 0 Å². The Morgan fingerprint density at radius 1 is 1.57 bits per heavy atom. The number of alkyl halides is 1. The zero-order valence-electron chi connectivity index (χ0n) is 8.41. The van der Waals surface area contributed by atoms with E-state index in [-0.39, 0.29) is 0 Å². The van der Waals surface area contributed by atoms with E-state index in [2.05, 4.69) is 22.0 Å². The summed E-state index contributed by atoms with van der Waals surface area (Å²) in [6.07, 6.45) is 2.42. The predicted octanol–water partition coefficient (Wildman–Crippen LogP) is 2.60. The van der Waals surface area contributed by atoms with Crippen LogP contribution in [0.4, 0.5) is 5.82 Å². The van der Waals surface area contributed by atoms with Gasteiger partial charge >= 0.3 is 0 Å². The van der Waals surface area contributed by atoms with E-state index in [1.54, 1.807) is 0 Å². The Morgan fingerprint density at radius 3 is 3.14 bits per heavy atom. The van der Waals surface area contributed by atoms with Crippen molar-refractivity contribution in [2.75, 3.05) is 17.3 Å². The highest BCUT2D eigenvalue weighted by Gasteiger charge is 2.24. The number of anilines is 1. The van der Waals surface area contributed by atoms with Crippen molar-refractivity contribution in [3.05, 3.63) is 23.9 Å². The van der Waals surface area contributed by atoms with Crippen molar-refractivity contribution in [1.82, 2.24) is 4.98 Å². The van der Waals surface area contributed by atoms with Crippen LogP contribution in [0, 0.1) is 6.92 Å². The molecular formula is C11H15ClN2. The second kappa shape index (κ2) is 4.18.